The molecule has 0 radical (unpaired) electrons. The number of hydrogen-bond acceptors (Lipinski definition) is 5. The standard InChI is InChI=1S/C23H20ClN5OS/c1-15-5-3-6-16(2)21(15)26-20(30)14-31-23-28-27-22(17-9-11-25-12-10-17)29(23)19-8-4-7-18(24)13-19/h3-13H,14H2,1-2H3,(H,26,30). The van der Waals surface area contributed by atoms with Crippen LogP contribution in [0.15, 0.2) is 72.1 Å². The molecule has 2 aromatic carbocycles. The Bertz CT molecular complexity index is 1210. The van der Waals surface area contributed by atoms with Gasteiger partial charge in [0.2, 0.25) is 5.91 Å². The highest BCUT2D eigenvalue weighted by Gasteiger charge is 2.18. The molecule has 0 aliphatic rings. The van der Waals surface area contributed by atoms with Gasteiger partial charge in [-0.1, -0.05) is 47.6 Å². The molecule has 0 unspecified atom stereocenters. The molecule has 4 rings (SSSR count). The van der Waals surface area contributed by atoms with Gasteiger partial charge in [-0.05, 0) is 55.3 Å². The summed E-state index contributed by atoms with van der Waals surface area (Å²) in [7, 11) is 0. The number of thioether (sulfide) groups is 1. The molecule has 0 fully saturated rings. The molecule has 8 heteroatoms. The average molecular weight is 450 g/mol. The summed E-state index contributed by atoms with van der Waals surface area (Å²) in [4.78, 5) is 16.7. The third kappa shape index (κ3) is 4.78. The lowest BCUT2D eigenvalue weighted by Crippen LogP contribution is -2.16. The Balaban J connectivity index is 1.61. The summed E-state index contributed by atoms with van der Waals surface area (Å²) in [6.45, 7) is 3.96. The third-order valence-corrected chi connectivity index (χ3v) is 5.88. The van der Waals surface area contributed by atoms with Gasteiger partial charge in [-0.25, -0.2) is 0 Å². The molecule has 2 heterocycles. The Kier molecular flexibility index (Phi) is 6.34. The summed E-state index contributed by atoms with van der Waals surface area (Å²) in [6, 6.07) is 17.1. The van der Waals surface area contributed by atoms with E-state index in [0.29, 0.717) is 16.0 Å². The molecule has 156 valence electrons. The molecule has 2 aromatic heterocycles. The van der Waals surface area contributed by atoms with Crippen LogP contribution >= 0.6 is 23.4 Å². The van der Waals surface area contributed by atoms with E-state index in [9.17, 15) is 4.79 Å². The van der Waals surface area contributed by atoms with Crippen LogP contribution in [0, 0.1) is 13.8 Å². The van der Waals surface area contributed by atoms with Crippen molar-refractivity contribution in [3.05, 3.63) is 83.1 Å². The number of pyridine rings is 1. The van der Waals surface area contributed by atoms with Crippen LogP contribution in [-0.2, 0) is 4.79 Å². The number of aryl methyl sites for hydroxylation is 2. The summed E-state index contributed by atoms with van der Waals surface area (Å²) >= 11 is 7.55. The number of benzene rings is 2. The number of para-hydroxylation sites is 1. The van der Waals surface area contributed by atoms with Gasteiger partial charge in [-0.15, -0.1) is 10.2 Å². The van der Waals surface area contributed by atoms with E-state index in [1.165, 1.54) is 11.8 Å². The van der Waals surface area contributed by atoms with Gasteiger partial charge in [-0.3, -0.25) is 14.3 Å². The number of rotatable bonds is 6. The van der Waals surface area contributed by atoms with Gasteiger partial charge in [0.15, 0.2) is 11.0 Å². The maximum atomic E-state index is 12.7. The Morgan fingerprint density at radius 3 is 2.45 bits per heavy atom. The largest absolute Gasteiger partial charge is 0.325 e. The van der Waals surface area contributed by atoms with Crippen LogP contribution in [0.5, 0.6) is 0 Å². The van der Waals surface area contributed by atoms with E-state index in [4.69, 9.17) is 11.6 Å². The van der Waals surface area contributed by atoms with E-state index in [-0.39, 0.29) is 11.7 Å². The fourth-order valence-corrected chi connectivity index (χ4v) is 4.15. The smallest absolute Gasteiger partial charge is 0.234 e. The molecule has 1 N–H and O–H groups in total. The van der Waals surface area contributed by atoms with Gasteiger partial charge in [0.25, 0.3) is 0 Å². The molecular formula is C23H20ClN5OS. The molecule has 0 saturated carbocycles. The number of aromatic nitrogens is 4. The minimum absolute atomic E-state index is 0.103. The number of halogens is 1. The second kappa shape index (κ2) is 9.32. The summed E-state index contributed by atoms with van der Waals surface area (Å²) in [6.07, 6.45) is 3.41. The van der Waals surface area contributed by atoms with Crippen molar-refractivity contribution in [2.75, 3.05) is 11.1 Å². The van der Waals surface area contributed by atoms with E-state index >= 15 is 0 Å². The van der Waals surface area contributed by atoms with Crippen LogP contribution in [0.4, 0.5) is 5.69 Å². The van der Waals surface area contributed by atoms with Crippen molar-refractivity contribution in [1.82, 2.24) is 19.7 Å². The highest BCUT2D eigenvalue weighted by atomic mass is 35.5. The Hall–Kier alpha value is -3.16. The zero-order valence-electron chi connectivity index (χ0n) is 17.0. The molecule has 0 aliphatic heterocycles. The molecule has 4 aromatic rings. The number of carbonyl (C=O) groups excluding carboxylic acids is 1. The molecule has 0 atom stereocenters. The highest BCUT2D eigenvalue weighted by molar-refractivity contribution is 7.99. The second-order valence-corrected chi connectivity index (χ2v) is 8.34. The maximum absolute atomic E-state index is 12.7. The Morgan fingerprint density at radius 1 is 1.03 bits per heavy atom. The number of nitrogens with zero attached hydrogens (tertiary/aromatic N) is 4. The topological polar surface area (TPSA) is 72.7 Å². The minimum Gasteiger partial charge on any atom is -0.325 e. The van der Waals surface area contributed by atoms with Crippen LogP contribution in [0.1, 0.15) is 11.1 Å². The third-order valence-electron chi connectivity index (χ3n) is 4.72. The van der Waals surface area contributed by atoms with Crippen molar-refractivity contribution in [1.29, 1.82) is 0 Å². The quantitative estimate of drug-likeness (QED) is 0.403. The predicted molar refractivity (Wildman–Crippen MR) is 125 cm³/mol. The van der Waals surface area contributed by atoms with Crippen molar-refractivity contribution >= 4 is 35.0 Å². The van der Waals surface area contributed by atoms with Gasteiger partial charge in [0.05, 0.1) is 11.4 Å². The molecule has 6 nitrogen and oxygen atoms in total. The first-order chi connectivity index (χ1) is 15.0. The number of hydrogen-bond donors (Lipinski definition) is 1. The molecule has 0 saturated heterocycles. The summed E-state index contributed by atoms with van der Waals surface area (Å²) in [5.41, 5.74) is 4.60. The monoisotopic (exact) mass is 449 g/mol. The van der Waals surface area contributed by atoms with Crippen LogP contribution < -0.4 is 5.32 Å². The van der Waals surface area contributed by atoms with E-state index < -0.39 is 0 Å². The zero-order chi connectivity index (χ0) is 21.8. The van der Waals surface area contributed by atoms with Crippen LogP contribution in [-0.4, -0.2) is 31.4 Å². The van der Waals surface area contributed by atoms with Gasteiger partial charge < -0.3 is 5.32 Å². The van der Waals surface area contributed by atoms with Crippen LogP contribution in [0.25, 0.3) is 17.1 Å². The first kappa shape index (κ1) is 21.1. The van der Waals surface area contributed by atoms with E-state index in [1.807, 2.05) is 73.0 Å². The number of amides is 1. The normalized spacial score (nSPS) is 10.8. The fraction of sp³-hybridized carbons (Fsp3) is 0.130. The molecule has 0 bridgehead atoms. The predicted octanol–water partition coefficient (Wildman–Crippen LogP) is 5.33. The lowest BCUT2D eigenvalue weighted by atomic mass is 10.1. The molecule has 1 amide bonds. The first-order valence-corrected chi connectivity index (χ1v) is 11.0. The summed E-state index contributed by atoms with van der Waals surface area (Å²) < 4.78 is 1.90. The van der Waals surface area contributed by atoms with Crippen molar-refractivity contribution < 1.29 is 4.79 Å². The lowest BCUT2D eigenvalue weighted by Gasteiger charge is -2.12. The Labute approximate surface area is 189 Å². The minimum atomic E-state index is -0.103. The molecule has 0 spiro atoms. The van der Waals surface area contributed by atoms with Crippen LogP contribution in [0.2, 0.25) is 5.02 Å². The highest BCUT2D eigenvalue weighted by Crippen LogP contribution is 2.29. The van der Waals surface area contributed by atoms with Gasteiger partial charge >= 0.3 is 0 Å². The van der Waals surface area contributed by atoms with E-state index in [0.717, 1.165) is 28.1 Å². The molecule has 31 heavy (non-hydrogen) atoms. The fourth-order valence-electron chi connectivity index (χ4n) is 3.22. The van der Waals surface area contributed by atoms with E-state index in [1.54, 1.807) is 12.4 Å². The molecule has 0 aliphatic carbocycles. The zero-order valence-corrected chi connectivity index (χ0v) is 18.6. The van der Waals surface area contributed by atoms with E-state index in [2.05, 4.69) is 20.5 Å². The van der Waals surface area contributed by atoms with Crippen molar-refractivity contribution in [2.24, 2.45) is 0 Å². The lowest BCUT2D eigenvalue weighted by molar-refractivity contribution is -0.113. The van der Waals surface area contributed by atoms with Crippen LogP contribution in [0.3, 0.4) is 0 Å². The second-order valence-electron chi connectivity index (χ2n) is 6.96. The SMILES string of the molecule is Cc1cccc(C)c1NC(=O)CSc1nnc(-c2ccncc2)n1-c1cccc(Cl)c1. The Morgan fingerprint density at radius 2 is 1.74 bits per heavy atom. The van der Waals surface area contributed by atoms with Gasteiger partial charge in [0, 0.05) is 28.7 Å². The first-order valence-electron chi connectivity index (χ1n) is 9.63. The number of anilines is 1. The van der Waals surface area contributed by atoms with Gasteiger partial charge in [-0.2, -0.15) is 0 Å². The van der Waals surface area contributed by atoms with Gasteiger partial charge in [0.1, 0.15) is 0 Å². The molecular weight excluding hydrogens is 430 g/mol. The number of carbonyl (C=O) groups is 1. The summed E-state index contributed by atoms with van der Waals surface area (Å²) in [5, 5.41) is 12.9. The summed E-state index contributed by atoms with van der Waals surface area (Å²) in [5.74, 6) is 0.749. The maximum Gasteiger partial charge on any atom is 0.234 e. The van der Waals surface area contributed by atoms with Crippen molar-refractivity contribution in [3.8, 4) is 17.1 Å². The average Bonchev–Trinajstić information content (AvgIpc) is 3.20. The number of nitrogens with one attached hydrogen (secondary N) is 1. The van der Waals surface area contributed by atoms with Crippen molar-refractivity contribution in [3.63, 3.8) is 0 Å². The van der Waals surface area contributed by atoms with Crippen molar-refractivity contribution in [2.45, 2.75) is 19.0 Å².